The highest BCUT2D eigenvalue weighted by atomic mass is 16.7. The van der Waals surface area contributed by atoms with Crippen molar-refractivity contribution in [1.82, 2.24) is 15.5 Å². The van der Waals surface area contributed by atoms with Crippen molar-refractivity contribution in [1.29, 1.82) is 0 Å². The zero-order valence-corrected chi connectivity index (χ0v) is 11.8. The molecule has 1 N–H and O–H groups in total. The normalized spacial score (nSPS) is 12.6. The predicted octanol–water partition coefficient (Wildman–Crippen LogP) is 1.88. The van der Waals surface area contributed by atoms with Gasteiger partial charge in [-0.15, -0.1) is 0 Å². The van der Waals surface area contributed by atoms with Crippen LogP contribution in [0.15, 0.2) is 23.0 Å². The van der Waals surface area contributed by atoms with Crippen LogP contribution < -0.4 is 19.5 Å². The first-order valence-electron chi connectivity index (χ1n) is 6.88. The molecule has 1 aliphatic rings. The Hall–Kier alpha value is -2.28. The second-order valence-electron chi connectivity index (χ2n) is 4.63. The first-order chi connectivity index (χ1) is 10.4. The van der Waals surface area contributed by atoms with E-state index in [4.69, 9.17) is 14.2 Å². The molecule has 2 heterocycles. The molecule has 0 saturated heterocycles. The van der Waals surface area contributed by atoms with Gasteiger partial charge in [-0.2, -0.15) is 4.98 Å². The van der Waals surface area contributed by atoms with Crippen LogP contribution in [0.4, 0.5) is 0 Å². The maximum atomic E-state index is 5.78. The number of benzene rings is 1. The molecule has 7 heteroatoms. The fourth-order valence-electron chi connectivity index (χ4n) is 2.04. The summed E-state index contributed by atoms with van der Waals surface area (Å²) in [5.41, 5.74) is 1.01. The smallest absolute Gasteiger partial charge is 0.231 e. The summed E-state index contributed by atoms with van der Waals surface area (Å²) in [5, 5.41) is 7.08. The van der Waals surface area contributed by atoms with Crippen LogP contribution >= 0.6 is 0 Å². The summed E-state index contributed by atoms with van der Waals surface area (Å²) in [6.45, 7) is 4.26. The van der Waals surface area contributed by atoms with Gasteiger partial charge in [-0.1, -0.05) is 12.1 Å². The SMILES string of the molecule is CCCNCc1cc2c(cc1OCc1ncon1)OCO2. The number of nitrogens with zero attached hydrogens (tertiary/aromatic N) is 2. The van der Waals surface area contributed by atoms with Crippen LogP contribution in [-0.2, 0) is 13.2 Å². The molecule has 3 rings (SSSR count). The Bertz CT molecular complexity index is 586. The third-order valence-corrected chi connectivity index (χ3v) is 3.06. The van der Waals surface area contributed by atoms with E-state index in [2.05, 4.69) is 26.9 Å². The van der Waals surface area contributed by atoms with Crippen molar-refractivity contribution in [2.45, 2.75) is 26.5 Å². The number of hydrogen-bond acceptors (Lipinski definition) is 7. The molecule has 21 heavy (non-hydrogen) atoms. The van der Waals surface area contributed by atoms with Gasteiger partial charge in [0.2, 0.25) is 19.0 Å². The highest BCUT2D eigenvalue weighted by Gasteiger charge is 2.18. The van der Waals surface area contributed by atoms with E-state index < -0.39 is 0 Å². The first kappa shape index (κ1) is 13.7. The Balaban J connectivity index is 1.75. The number of ether oxygens (including phenoxy) is 3. The van der Waals surface area contributed by atoms with Crippen molar-refractivity contribution in [3.63, 3.8) is 0 Å². The van der Waals surface area contributed by atoms with Crippen LogP contribution in [0.25, 0.3) is 0 Å². The van der Waals surface area contributed by atoms with Gasteiger partial charge in [0.1, 0.15) is 5.75 Å². The molecular weight excluding hydrogens is 274 g/mol. The molecule has 0 radical (unpaired) electrons. The second-order valence-corrected chi connectivity index (χ2v) is 4.63. The van der Waals surface area contributed by atoms with Crippen molar-refractivity contribution in [3.8, 4) is 17.2 Å². The minimum Gasteiger partial charge on any atom is -0.485 e. The van der Waals surface area contributed by atoms with Gasteiger partial charge in [-0.3, -0.25) is 0 Å². The Kier molecular flexibility index (Phi) is 4.20. The van der Waals surface area contributed by atoms with E-state index in [0.29, 0.717) is 18.1 Å². The van der Waals surface area contributed by atoms with Gasteiger partial charge < -0.3 is 24.1 Å². The quantitative estimate of drug-likeness (QED) is 0.780. The molecule has 2 aromatic rings. The fraction of sp³-hybridized carbons (Fsp3) is 0.429. The number of nitrogens with one attached hydrogen (secondary N) is 1. The van der Waals surface area contributed by atoms with Crippen LogP contribution in [0.2, 0.25) is 0 Å². The average Bonchev–Trinajstić information content (AvgIpc) is 3.16. The summed E-state index contributed by atoms with van der Waals surface area (Å²) in [6.07, 6.45) is 2.35. The lowest BCUT2D eigenvalue weighted by atomic mass is 10.1. The Morgan fingerprint density at radius 3 is 2.90 bits per heavy atom. The summed E-state index contributed by atoms with van der Waals surface area (Å²) in [5.74, 6) is 2.67. The molecule has 0 unspecified atom stereocenters. The van der Waals surface area contributed by atoms with E-state index in [-0.39, 0.29) is 13.4 Å². The highest BCUT2D eigenvalue weighted by molar-refractivity contribution is 5.51. The van der Waals surface area contributed by atoms with Crippen LogP contribution in [0.3, 0.4) is 0 Å². The van der Waals surface area contributed by atoms with E-state index >= 15 is 0 Å². The molecular formula is C14H17N3O4. The molecule has 0 saturated carbocycles. The van der Waals surface area contributed by atoms with E-state index in [1.807, 2.05) is 12.1 Å². The molecule has 1 aliphatic heterocycles. The van der Waals surface area contributed by atoms with Crippen molar-refractivity contribution >= 4 is 0 Å². The number of aromatic nitrogens is 2. The zero-order chi connectivity index (χ0) is 14.5. The van der Waals surface area contributed by atoms with Gasteiger partial charge >= 0.3 is 0 Å². The lowest BCUT2D eigenvalue weighted by molar-refractivity contribution is 0.173. The van der Waals surface area contributed by atoms with E-state index in [9.17, 15) is 0 Å². The van der Waals surface area contributed by atoms with Gasteiger partial charge in [0.15, 0.2) is 18.1 Å². The molecule has 112 valence electrons. The summed E-state index contributed by atoms with van der Waals surface area (Å²) in [6, 6.07) is 3.78. The predicted molar refractivity (Wildman–Crippen MR) is 73.2 cm³/mol. The number of fused-ring (bicyclic) bond motifs is 1. The van der Waals surface area contributed by atoms with Crippen LogP contribution in [-0.4, -0.2) is 23.5 Å². The summed E-state index contributed by atoms with van der Waals surface area (Å²) < 4.78 is 21.3. The maximum absolute atomic E-state index is 5.78. The van der Waals surface area contributed by atoms with E-state index in [1.165, 1.54) is 6.39 Å². The molecule has 0 bridgehead atoms. The Labute approximate surface area is 122 Å². The molecule has 0 fully saturated rings. The topological polar surface area (TPSA) is 78.6 Å². The number of hydrogen-bond donors (Lipinski definition) is 1. The third-order valence-electron chi connectivity index (χ3n) is 3.06. The zero-order valence-electron chi connectivity index (χ0n) is 11.8. The van der Waals surface area contributed by atoms with Gasteiger partial charge in [-0.05, 0) is 19.0 Å². The summed E-state index contributed by atoms with van der Waals surface area (Å²) >= 11 is 0. The molecule has 1 aromatic carbocycles. The molecule has 1 aromatic heterocycles. The van der Waals surface area contributed by atoms with Gasteiger partial charge in [0.05, 0.1) is 0 Å². The summed E-state index contributed by atoms with van der Waals surface area (Å²) in [4.78, 5) is 3.93. The Morgan fingerprint density at radius 2 is 2.14 bits per heavy atom. The minimum absolute atomic E-state index is 0.242. The van der Waals surface area contributed by atoms with Gasteiger partial charge in [-0.25, -0.2) is 0 Å². The lowest BCUT2D eigenvalue weighted by Crippen LogP contribution is -2.14. The Morgan fingerprint density at radius 1 is 1.29 bits per heavy atom. The standard InChI is InChI=1S/C14H17N3O4/c1-2-3-15-6-10-4-12-13(20-9-19-12)5-11(10)18-7-14-16-8-21-17-14/h4-5,8,15H,2-3,6-7,9H2,1H3. The van der Waals surface area contributed by atoms with E-state index in [0.717, 1.165) is 30.0 Å². The van der Waals surface area contributed by atoms with Crippen molar-refractivity contribution in [2.24, 2.45) is 0 Å². The highest BCUT2D eigenvalue weighted by Crippen LogP contribution is 2.38. The minimum atomic E-state index is 0.242. The molecule has 0 atom stereocenters. The van der Waals surface area contributed by atoms with Crippen LogP contribution in [0.5, 0.6) is 17.2 Å². The van der Waals surface area contributed by atoms with Crippen molar-refractivity contribution in [2.75, 3.05) is 13.3 Å². The van der Waals surface area contributed by atoms with Crippen molar-refractivity contribution in [3.05, 3.63) is 29.9 Å². The maximum Gasteiger partial charge on any atom is 0.231 e. The van der Waals surface area contributed by atoms with Crippen LogP contribution in [0.1, 0.15) is 24.7 Å². The lowest BCUT2D eigenvalue weighted by Gasteiger charge is -2.12. The van der Waals surface area contributed by atoms with Crippen molar-refractivity contribution < 1.29 is 18.7 Å². The molecule has 0 aliphatic carbocycles. The molecule has 0 amide bonds. The average molecular weight is 291 g/mol. The van der Waals surface area contributed by atoms with Crippen LogP contribution in [0, 0.1) is 0 Å². The largest absolute Gasteiger partial charge is 0.485 e. The molecule has 7 nitrogen and oxygen atoms in total. The van der Waals surface area contributed by atoms with E-state index in [1.54, 1.807) is 0 Å². The first-order valence-corrected chi connectivity index (χ1v) is 6.88. The monoisotopic (exact) mass is 291 g/mol. The molecule has 0 spiro atoms. The number of rotatable bonds is 7. The van der Waals surface area contributed by atoms with Gasteiger partial charge in [0.25, 0.3) is 0 Å². The third kappa shape index (κ3) is 3.25. The second kappa shape index (κ2) is 6.45. The van der Waals surface area contributed by atoms with Gasteiger partial charge in [0, 0.05) is 18.2 Å². The fourth-order valence-corrected chi connectivity index (χ4v) is 2.04. The summed E-state index contributed by atoms with van der Waals surface area (Å²) in [7, 11) is 0.